The van der Waals surface area contributed by atoms with E-state index < -0.39 is 58.0 Å². The Morgan fingerprint density at radius 3 is 2.60 bits per heavy atom. The zero-order valence-corrected chi connectivity index (χ0v) is 21.0. The molecule has 1 spiro atoms. The van der Waals surface area contributed by atoms with Gasteiger partial charge in [0.2, 0.25) is 0 Å². The van der Waals surface area contributed by atoms with E-state index in [1.807, 2.05) is 6.92 Å². The van der Waals surface area contributed by atoms with Crippen LogP contribution < -0.4 is 0 Å². The summed E-state index contributed by atoms with van der Waals surface area (Å²) in [7, 11) is 1.23. The average Bonchev–Trinajstić information content (AvgIpc) is 3.32. The molecule has 1 aromatic rings. The molecular weight excluding hydrogens is 452 g/mol. The highest BCUT2D eigenvalue weighted by Crippen LogP contribution is 2.71. The summed E-state index contributed by atoms with van der Waals surface area (Å²) in [5.41, 5.74) is -1.92. The third-order valence-corrected chi connectivity index (χ3v) is 9.96. The van der Waals surface area contributed by atoms with Crippen LogP contribution in [0.25, 0.3) is 0 Å². The largest absolute Gasteiger partial charge is 0.472 e. The Labute approximate surface area is 205 Å². The first-order chi connectivity index (χ1) is 16.3. The van der Waals surface area contributed by atoms with E-state index in [0.29, 0.717) is 12.8 Å². The van der Waals surface area contributed by atoms with E-state index in [4.69, 9.17) is 18.6 Å². The zero-order chi connectivity index (χ0) is 25.6. The number of esters is 2. The van der Waals surface area contributed by atoms with Crippen molar-refractivity contribution >= 4 is 17.7 Å². The van der Waals surface area contributed by atoms with E-state index in [0.717, 1.165) is 11.1 Å². The number of ether oxygens (including phenoxy) is 3. The molecule has 5 rings (SSSR count). The van der Waals surface area contributed by atoms with Crippen molar-refractivity contribution < 1.29 is 38.1 Å². The topological polar surface area (TPSA) is 112 Å². The monoisotopic (exact) mass is 486 g/mol. The van der Waals surface area contributed by atoms with Gasteiger partial charge in [0.15, 0.2) is 6.10 Å². The summed E-state index contributed by atoms with van der Waals surface area (Å²) in [6.45, 7) is 12.1. The Hall–Kier alpha value is -2.45. The van der Waals surface area contributed by atoms with Gasteiger partial charge >= 0.3 is 11.9 Å². The molecule has 2 aliphatic heterocycles. The van der Waals surface area contributed by atoms with Gasteiger partial charge in [0, 0.05) is 34.1 Å². The number of hydrogen-bond acceptors (Lipinski definition) is 8. The smallest absolute Gasteiger partial charge is 0.335 e. The van der Waals surface area contributed by atoms with Gasteiger partial charge in [0.25, 0.3) is 0 Å². The van der Waals surface area contributed by atoms with Crippen molar-refractivity contribution in [2.24, 2.45) is 28.1 Å². The first-order valence-electron chi connectivity index (χ1n) is 12.2. The fraction of sp³-hybridized carbons (Fsp3) is 0.667. The van der Waals surface area contributed by atoms with Crippen LogP contribution in [0.4, 0.5) is 0 Å². The summed E-state index contributed by atoms with van der Waals surface area (Å²) >= 11 is 0. The van der Waals surface area contributed by atoms with Crippen LogP contribution in [-0.2, 0) is 28.6 Å². The molecule has 2 aliphatic carbocycles. The summed E-state index contributed by atoms with van der Waals surface area (Å²) in [5, 5.41) is 11.2. The molecule has 4 fully saturated rings. The van der Waals surface area contributed by atoms with Crippen molar-refractivity contribution in [2.45, 2.75) is 77.3 Å². The summed E-state index contributed by atoms with van der Waals surface area (Å²) in [4.78, 5) is 39.0. The fourth-order valence-electron chi connectivity index (χ4n) is 8.08. The number of fused-ring (bicyclic) bond motifs is 3. The first-order valence-corrected chi connectivity index (χ1v) is 12.2. The van der Waals surface area contributed by atoms with Gasteiger partial charge < -0.3 is 23.7 Å². The number of furan rings is 1. The number of carbonyl (C=O) groups excluding carboxylic acids is 3. The second kappa shape index (κ2) is 7.53. The highest BCUT2D eigenvalue weighted by molar-refractivity contribution is 5.88. The van der Waals surface area contributed by atoms with Crippen LogP contribution in [0.3, 0.4) is 0 Å². The SMILES string of the molecule is C=C1[C@@H]2CC[C@@]3(C)[C@H](c4ccoc4)OC(=O)C[C@@]13O[C@H]1CC(=O)C(C)(C)[C@H]([C@@H](O)C(=O)OC)[C@]12C. The maximum atomic E-state index is 13.4. The lowest BCUT2D eigenvalue weighted by atomic mass is 9.41. The molecule has 0 radical (unpaired) electrons. The highest BCUT2D eigenvalue weighted by atomic mass is 16.6. The Bertz CT molecular complexity index is 1090. The van der Waals surface area contributed by atoms with Gasteiger partial charge in [-0.1, -0.05) is 34.3 Å². The second-order valence-corrected chi connectivity index (χ2v) is 11.7. The van der Waals surface area contributed by atoms with E-state index in [1.165, 1.54) is 7.11 Å². The number of carbonyl (C=O) groups is 3. The average molecular weight is 487 g/mol. The van der Waals surface area contributed by atoms with Gasteiger partial charge in [0.05, 0.1) is 32.2 Å². The van der Waals surface area contributed by atoms with Crippen molar-refractivity contribution in [3.8, 4) is 0 Å². The number of ketones is 1. The molecule has 2 saturated heterocycles. The Kier molecular flexibility index (Phi) is 5.22. The second-order valence-electron chi connectivity index (χ2n) is 11.7. The summed E-state index contributed by atoms with van der Waals surface area (Å²) in [6.07, 6.45) is 1.91. The van der Waals surface area contributed by atoms with E-state index in [1.54, 1.807) is 32.4 Å². The molecule has 8 heteroatoms. The van der Waals surface area contributed by atoms with Crippen molar-refractivity contribution in [3.05, 3.63) is 36.3 Å². The molecule has 190 valence electrons. The van der Waals surface area contributed by atoms with Gasteiger partial charge in [-0.3, -0.25) is 9.59 Å². The van der Waals surface area contributed by atoms with Crippen LogP contribution in [0, 0.1) is 28.1 Å². The summed E-state index contributed by atoms with van der Waals surface area (Å²) in [5.74, 6) is -2.20. The number of hydrogen-bond donors (Lipinski definition) is 1. The quantitative estimate of drug-likeness (QED) is 0.510. The Balaban J connectivity index is 1.65. The number of aliphatic hydroxyl groups is 1. The van der Waals surface area contributed by atoms with Crippen LogP contribution >= 0.6 is 0 Å². The zero-order valence-electron chi connectivity index (χ0n) is 21.0. The number of Topliss-reactive ketones (excluding diaryl/α,β-unsaturated/α-hetero) is 1. The molecule has 8 nitrogen and oxygen atoms in total. The minimum atomic E-state index is -1.50. The maximum Gasteiger partial charge on any atom is 0.335 e. The van der Waals surface area contributed by atoms with E-state index >= 15 is 0 Å². The lowest BCUT2D eigenvalue weighted by Gasteiger charge is -2.70. The molecular formula is C27H34O8. The standard InChI is InChI=1S/C27H34O8/c1-14-16-7-9-25(4)22(15-8-10-33-13-15)34-19(29)12-27(14,25)35-18-11-17(28)24(2,3)21(26(16,18)5)20(30)23(31)32-6/h8,10,13,16,18,20-22,30H,1,7,9,11-12H2,2-6H3/t16-,18-,20+,21-,22-,25-,26-,27+/m0/s1. The fourth-order valence-corrected chi connectivity index (χ4v) is 8.08. The van der Waals surface area contributed by atoms with Gasteiger partial charge in [-0.25, -0.2) is 4.79 Å². The first kappa shape index (κ1) is 24.3. The number of cyclic esters (lactones) is 1. The summed E-state index contributed by atoms with van der Waals surface area (Å²) < 4.78 is 23.0. The molecule has 3 heterocycles. The predicted molar refractivity (Wildman–Crippen MR) is 123 cm³/mol. The van der Waals surface area contributed by atoms with Crippen LogP contribution in [-0.4, -0.2) is 47.7 Å². The van der Waals surface area contributed by atoms with Crippen LogP contribution in [0.15, 0.2) is 35.2 Å². The van der Waals surface area contributed by atoms with E-state index in [2.05, 4.69) is 13.5 Å². The molecule has 2 saturated carbocycles. The minimum Gasteiger partial charge on any atom is -0.472 e. The van der Waals surface area contributed by atoms with Gasteiger partial charge in [0.1, 0.15) is 17.5 Å². The van der Waals surface area contributed by atoms with Crippen LogP contribution in [0.1, 0.15) is 65.0 Å². The van der Waals surface area contributed by atoms with Crippen molar-refractivity contribution in [2.75, 3.05) is 7.11 Å². The molecule has 35 heavy (non-hydrogen) atoms. The molecule has 0 unspecified atom stereocenters. The van der Waals surface area contributed by atoms with Crippen LogP contribution in [0.5, 0.6) is 0 Å². The van der Waals surface area contributed by atoms with Gasteiger partial charge in [-0.2, -0.15) is 0 Å². The highest BCUT2D eigenvalue weighted by Gasteiger charge is 2.74. The van der Waals surface area contributed by atoms with Crippen molar-refractivity contribution in [1.82, 2.24) is 0 Å². The van der Waals surface area contributed by atoms with E-state index in [-0.39, 0.29) is 24.5 Å². The van der Waals surface area contributed by atoms with E-state index in [9.17, 15) is 19.5 Å². The molecule has 1 N–H and O–H groups in total. The lowest BCUT2D eigenvalue weighted by molar-refractivity contribution is -0.303. The number of methoxy groups -OCH3 is 1. The Morgan fingerprint density at radius 1 is 1.26 bits per heavy atom. The molecule has 0 amide bonds. The molecule has 2 bridgehead atoms. The molecule has 0 aromatic carbocycles. The van der Waals surface area contributed by atoms with Gasteiger partial charge in [-0.15, -0.1) is 0 Å². The van der Waals surface area contributed by atoms with Crippen LogP contribution in [0.2, 0.25) is 0 Å². The lowest BCUT2D eigenvalue weighted by Crippen LogP contribution is -2.74. The number of aliphatic hydroxyl groups excluding tert-OH is 1. The minimum absolute atomic E-state index is 0.00156. The maximum absolute atomic E-state index is 13.4. The summed E-state index contributed by atoms with van der Waals surface area (Å²) in [6, 6.07) is 1.79. The van der Waals surface area contributed by atoms with Crippen molar-refractivity contribution in [1.29, 1.82) is 0 Å². The molecule has 1 aromatic heterocycles. The molecule has 4 aliphatic rings. The normalized spacial score (nSPS) is 43.0. The molecule has 8 atom stereocenters. The number of rotatable bonds is 3. The third-order valence-electron chi connectivity index (χ3n) is 9.96. The third kappa shape index (κ3) is 2.90. The Morgan fingerprint density at radius 2 is 1.97 bits per heavy atom. The van der Waals surface area contributed by atoms with Gasteiger partial charge in [-0.05, 0) is 30.4 Å². The van der Waals surface area contributed by atoms with Crippen molar-refractivity contribution in [3.63, 3.8) is 0 Å². The predicted octanol–water partition coefficient (Wildman–Crippen LogP) is 3.53.